The van der Waals surface area contributed by atoms with Gasteiger partial charge >= 0.3 is 6.03 Å². The van der Waals surface area contributed by atoms with Crippen LogP contribution in [-0.2, 0) is 36.6 Å². The summed E-state index contributed by atoms with van der Waals surface area (Å²) in [5, 5.41) is 5.62. The number of rotatable bonds is 16. The zero-order valence-corrected chi connectivity index (χ0v) is 33.9. The van der Waals surface area contributed by atoms with Gasteiger partial charge in [-0.25, -0.2) is 9.69 Å². The molecule has 1 aliphatic heterocycles. The number of ketones is 1. The number of nitrogens with zero attached hydrogens (tertiary/aromatic N) is 2. The molecule has 4 rings (SSSR count). The van der Waals surface area contributed by atoms with Crippen LogP contribution in [0.15, 0.2) is 66.7 Å². The Kier molecular flexibility index (Phi) is 13.4. The van der Waals surface area contributed by atoms with Crippen molar-refractivity contribution in [3.8, 4) is 5.75 Å². The van der Waals surface area contributed by atoms with Crippen LogP contribution in [0.3, 0.4) is 0 Å². The number of amides is 5. The van der Waals surface area contributed by atoms with E-state index in [1.54, 1.807) is 26.8 Å². The molecule has 0 radical (unpaired) electrons. The van der Waals surface area contributed by atoms with Crippen LogP contribution in [0, 0.1) is 5.41 Å². The minimum Gasteiger partial charge on any atom is -0.493 e. The van der Waals surface area contributed by atoms with Crippen molar-refractivity contribution < 1.29 is 28.7 Å². The number of carbonyl (C=O) groups excluding carboxylic acids is 5. The molecule has 1 atom stereocenters. The molecule has 290 valence electrons. The van der Waals surface area contributed by atoms with Crippen molar-refractivity contribution in [1.29, 1.82) is 0 Å². The highest BCUT2D eigenvalue weighted by atomic mass is 35.5. The van der Waals surface area contributed by atoms with Crippen molar-refractivity contribution in [2.45, 2.75) is 111 Å². The van der Waals surface area contributed by atoms with E-state index in [-0.39, 0.29) is 47.0 Å². The second-order valence-corrected chi connectivity index (χ2v) is 16.7. The van der Waals surface area contributed by atoms with Crippen LogP contribution in [0.2, 0.25) is 5.02 Å². The fraction of sp³-hybridized carbons (Fsp3) is 0.465. The highest BCUT2D eigenvalue weighted by Crippen LogP contribution is 2.38. The molecule has 1 unspecified atom stereocenters. The fourth-order valence-electron chi connectivity index (χ4n) is 6.05. The van der Waals surface area contributed by atoms with Crippen LogP contribution in [-0.4, -0.2) is 58.5 Å². The molecule has 2 N–H and O–H groups in total. The van der Waals surface area contributed by atoms with Gasteiger partial charge in [0.25, 0.3) is 11.8 Å². The summed E-state index contributed by atoms with van der Waals surface area (Å²) in [4.78, 5) is 69.3. The largest absolute Gasteiger partial charge is 0.493 e. The Morgan fingerprint density at radius 3 is 2.15 bits per heavy atom. The first-order chi connectivity index (χ1) is 25.3. The van der Waals surface area contributed by atoms with Gasteiger partial charge in [0.2, 0.25) is 5.91 Å². The lowest BCUT2D eigenvalue weighted by molar-refractivity contribution is -0.143. The Morgan fingerprint density at radius 2 is 1.52 bits per heavy atom. The normalized spacial score (nSPS) is 14.3. The average Bonchev–Trinajstić information content (AvgIpc) is 3.39. The number of benzene rings is 3. The number of imide groups is 1. The molecule has 0 bridgehead atoms. The predicted molar refractivity (Wildman–Crippen MR) is 214 cm³/mol. The first kappa shape index (κ1) is 42.0. The van der Waals surface area contributed by atoms with Crippen LogP contribution in [0.4, 0.5) is 16.2 Å². The summed E-state index contributed by atoms with van der Waals surface area (Å²) >= 11 is 6.46. The lowest BCUT2D eigenvalue weighted by atomic mass is 9.76. The molecule has 54 heavy (non-hydrogen) atoms. The van der Waals surface area contributed by atoms with E-state index in [4.69, 9.17) is 16.3 Å². The van der Waals surface area contributed by atoms with Gasteiger partial charge in [-0.15, -0.1) is 0 Å². The number of hydrogen-bond donors (Lipinski definition) is 2. The third-order valence-electron chi connectivity index (χ3n) is 10.4. The van der Waals surface area contributed by atoms with E-state index in [0.29, 0.717) is 18.7 Å². The van der Waals surface area contributed by atoms with Gasteiger partial charge in [-0.05, 0) is 65.5 Å². The SMILES string of the molecule is CCC(C)(C)c1ccc(OCCCC(=O)Nc2ccc(Cl)c(NC(=O)C(C(=O)C(C)(C)C)N3C(=O)CN(Cc4ccccc4)C3=O)c2)c(C(C)(C)CC)c1. The molecular formula is C43H55ClN4O6. The molecule has 11 heteroatoms. The molecule has 0 spiro atoms. The number of Topliss-reactive ketones (excluding diaryl/α,β-unsaturated/α-hetero) is 1. The molecule has 5 amide bonds. The number of hydrogen-bond acceptors (Lipinski definition) is 6. The molecule has 10 nitrogen and oxygen atoms in total. The average molecular weight is 759 g/mol. The van der Waals surface area contributed by atoms with E-state index in [2.05, 4.69) is 64.3 Å². The maximum Gasteiger partial charge on any atom is 0.328 e. The number of urea groups is 1. The van der Waals surface area contributed by atoms with E-state index in [9.17, 15) is 24.0 Å². The van der Waals surface area contributed by atoms with E-state index < -0.39 is 35.1 Å². The monoisotopic (exact) mass is 758 g/mol. The molecule has 1 saturated heterocycles. The maximum absolute atomic E-state index is 13.9. The lowest BCUT2D eigenvalue weighted by Gasteiger charge is -2.30. The summed E-state index contributed by atoms with van der Waals surface area (Å²) in [6.07, 6.45) is 2.61. The first-order valence-corrected chi connectivity index (χ1v) is 19.0. The lowest BCUT2D eigenvalue weighted by Crippen LogP contribution is -2.55. The zero-order valence-electron chi connectivity index (χ0n) is 33.1. The van der Waals surface area contributed by atoms with Gasteiger partial charge in [-0.3, -0.25) is 19.2 Å². The van der Waals surface area contributed by atoms with E-state index in [1.807, 2.05) is 36.4 Å². The highest BCUT2D eigenvalue weighted by molar-refractivity contribution is 6.34. The summed E-state index contributed by atoms with van der Waals surface area (Å²) in [7, 11) is 0. The Morgan fingerprint density at radius 1 is 0.852 bits per heavy atom. The van der Waals surface area contributed by atoms with Crippen molar-refractivity contribution in [2.75, 3.05) is 23.8 Å². The van der Waals surface area contributed by atoms with E-state index in [0.717, 1.165) is 34.6 Å². The Labute approximate surface area is 325 Å². The second-order valence-electron chi connectivity index (χ2n) is 16.3. The molecule has 0 aliphatic carbocycles. The number of anilines is 2. The van der Waals surface area contributed by atoms with Crippen LogP contribution in [0.25, 0.3) is 0 Å². The van der Waals surface area contributed by atoms with Gasteiger partial charge in [0.05, 0.1) is 17.3 Å². The number of nitrogens with one attached hydrogen (secondary N) is 2. The third-order valence-corrected chi connectivity index (χ3v) is 10.7. The standard InChI is InChI=1S/C43H55ClN4O6/c1-10-42(6,7)29-19-22-34(31(24-29)43(8,9)11-2)54-23-15-18-35(49)45-30-20-21-32(44)33(25-30)46-39(52)37(38(51)41(3,4)5)48-36(50)27-47(40(48)53)26-28-16-13-12-14-17-28/h12-14,16-17,19-22,24-25,37H,10-11,15,18,23,26-27H2,1-9H3,(H,45,49)(H,46,52). The summed E-state index contributed by atoms with van der Waals surface area (Å²) in [5.41, 5.74) is 2.58. The molecule has 1 fully saturated rings. The van der Waals surface area contributed by atoms with Crippen LogP contribution in [0.5, 0.6) is 5.75 Å². The number of ether oxygens (including phenoxy) is 1. The highest BCUT2D eigenvalue weighted by Gasteiger charge is 2.49. The number of carbonyl (C=O) groups is 5. The number of halogens is 1. The molecular weight excluding hydrogens is 704 g/mol. The van der Waals surface area contributed by atoms with Crippen molar-refractivity contribution in [2.24, 2.45) is 5.41 Å². The predicted octanol–water partition coefficient (Wildman–Crippen LogP) is 8.90. The summed E-state index contributed by atoms with van der Waals surface area (Å²) < 4.78 is 6.24. The van der Waals surface area contributed by atoms with Crippen molar-refractivity contribution >= 4 is 52.5 Å². The molecule has 3 aromatic rings. The van der Waals surface area contributed by atoms with Gasteiger partial charge in [0.1, 0.15) is 12.3 Å². The minimum atomic E-state index is -1.74. The minimum absolute atomic E-state index is 0.0433. The van der Waals surface area contributed by atoms with Crippen LogP contribution < -0.4 is 15.4 Å². The molecule has 0 saturated carbocycles. The van der Waals surface area contributed by atoms with Crippen LogP contribution >= 0.6 is 11.6 Å². The Hall–Kier alpha value is -4.70. The molecule has 0 aromatic heterocycles. The maximum atomic E-state index is 13.9. The Balaban J connectivity index is 1.42. The van der Waals surface area contributed by atoms with Gasteiger partial charge < -0.3 is 20.3 Å². The quantitative estimate of drug-likeness (QED) is 0.0854. The smallest absolute Gasteiger partial charge is 0.328 e. The molecule has 1 heterocycles. The van der Waals surface area contributed by atoms with Gasteiger partial charge in [-0.2, -0.15) is 0 Å². The Bertz CT molecular complexity index is 1870. The third kappa shape index (κ3) is 10.1. The van der Waals surface area contributed by atoms with Crippen molar-refractivity contribution in [3.63, 3.8) is 0 Å². The van der Waals surface area contributed by atoms with E-state index >= 15 is 0 Å². The summed E-state index contributed by atoms with van der Waals surface area (Å²) in [6, 6.07) is 17.7. The van der Waals surface area contributed by atoms with Crippen molar-refractivity contribution in [1.82, 2.24) is 9.80 Å². The van der Waals surface area contributed by atoms with Crippen molar-refractivity contribution in [3.05, 3.63) is 88.4 Å². The first-order valence-electron chi connectivity index (χ1n) is 18.7. The topological polar surface area (TPSA) is 125 Å². The molecule has 3 aromatic carbocycles. The zero-order chi connectivity index (χ0) is 40.0. The second kappa shape index (κ2) is 17.2. The summed E-state index contributed by atoms with van der Waals surface area (Å²) in [6.45, 7) is 18.3. The van der Waals surface area contributed by atoms with Gasteiger partial charge in [-0.1, -0.05) is 116 Å². The van der Waals surface area contributed by atoms with E-state index in [1.165, 1.54) is 22.6 Å². The molecule has 1 aliphatic rings. The fourth-order valence-corrected chi connectivity index (χ4v) is 6.21. The van der Waals surface area contributed by atoms with Crippen LogP contribution in [0.1, 0.15) is 105 Å². The van der Waals surface area contributed by atoms with Gasteiger partial charge in [0.15, 0.2) is 11.8 Å². The summed E-state index contributed by atoms with van der Waals surface area (Å²) in [5.74, 6) is -1.61. The van der Waals surface area contributed by atoms with Gasteiger partial charge in [0, 0.05) is 29.6 Å².